The van der Waals surface area contributed by atoms with Crippen molar-refractivity contribution in [3.63, 3.8) is 0 Å². The first kappa shape index (κ1) is 21.1. The summed E-state index contributed by atoms with van der Waals surface area (Å²) in [6, 6.07) is 0. The van der Waals surface area contributed by atoms with Crippen LogP contribution in [0.1, 0.15) is 39.5 Å². The van der Waals surface area contributed by atoms with Gasteiger partial charge in [0, 0.05) is 0 Å². The fourth-order valence-corrected chi connectivity index (χ4v) is 1.44. The molecule has 88 valence electrons. The average Bonchev–Trinajstić information content (AvgIpc) is 2.03. The molecule has 0 heterocycles. The van der Waals surface area contributed by atoms with Crippen molar-refractivity contribution in [3.8, 4) is 0 Å². The molecule has 0 saturated heterocycles. The molecule has 0 bridgehead atoms. The fraction of sp³-hybridized carbons (Fsp3) is 1.00. The second-order valence-electron chi connectivity index (χ2n) is 3.11. The molecule has 0 aromatic heterocycles. The van der Waals surface area contributed by atoms with Gasteiger partial charge in [0.15, 0.2) is 0 Å². The monoisotopic (exact) mass is 250 g/mol. The van der Waals surface area contributed by atoms with Gasteiger partial charge in [-0.05, 0) is 12.3 Å². The third kappa shape index (κ3) is 14.8. The van der Waals surface area contributed by atoms with Crippen molar-refractivity contribution < 1.29 is 52.2 Å². The Balaban J connectivity index is -0.000000720. The largest absolute Gasteiger partial charge is 1.00 e. The number of hydrogen-bond donors (Lipinski definition) is 0. The Morgan fingerprint density at radius 3 is 2.20 bits per heavy atom. The molecule has 1 atom stereocenters. The van der Waals surface area contributed by atoms with E-state index < -0.39 is 10.4 Å². The van der Waals surface area contributed by atoms with Crippen LogP contribution in [0.4, 0.5) is 0 Å². The predicted molar refractivity (Wildman–Crippen MR) is 52.6 cm³/mol. The van der Waals surface area contributed by atoms with Gasteiger partial charge in [0.1, 0.15) is 0 Å². The first-order valence-corrected chi connectivity index (χ1v) is 5.93. The van der Waals surface area contributed by atoms with E-state index in [-0.39, 0.29) is 47.6 Å². The Morgan fingerprint density at radius 1 is 1.33 bits per heavy atom. The van der Waals surface area contributed by atoms with E-state index in [1.807, 2.05) is 6.92 Å². The van der Waals surface area contributed by atoms with E-state index in [0.717, 1.165) is 25.7 Å². The molecule has 15 heavy (non-hydrogen) atoms. The average molecular weight is 250 g/mol. The summed E-state index contributed by atoms with van der Waals surface area (Å²) in [5, 5.41) is 0. The van der Waals surface area contributed by atoms with E-state index in [9.17, 15) is 13.0 Å². The van der Waals surface area contributed by atoms with Gasteiger partial charge in [0.05, 0.1) is 6.61 Å². The third-order valence-corrected chi connectivity index (χ3v) is 2.42. The molecule has 7 heteroatoms. The van der Waals surface area contributed by atoms with Crippen LogP contribution in [-0.4, -0.2) is 25.1 Å². The molecule has 0 aromatic rings. The van der Waals surface area contributed by atoms with Crippen molar-refractivity contribution in [2.45, 2.75) is 39.5 Å². The van der Waals surface area contributed by atoms with Crippen LogP contribution in [0.25, 0.3) is 0 Å². The van der Waals surface area contributed by atoms with Crippen molar-refractivity contribution in [2.24, 2.45) is 5.92 Å². The van der Waals surface area contributed by atoms with Crippen molar-refractivity contribution in [2.75, 3.05) is 6.61 Å². The van der Waals surface area contributed by atoms with Gasteiger partial charge < -0.3 is 10.0 Å². The minimum absolute atomic E-state index is 0. The molecule has 0 aliphatic heterocycles. The SMILES string of the molecule is CCCCC(CC)COS(=O)(=O)[O-].O.[Na+]. The summed E-state index contributed by atoms with van der Waals surface area (Å²) in [5.41, 5.74) is 0. The first-order valence-electron chi connectivity index (χ1n) is 4.59. The zero-order chi connectivity index (χ0) is 10.3. The summed E-state index contributed by atoms with van der Waals surface area (Å²) in [6.45, 7) is 4.06. The van der Waals surface area contributed by atoms with Gasteiger partial charge in [-0.25, -0.2) is 8.42 Å². The van der Waals surface area contributed by atoms with Gasteiger partial charge in [-0.2, -0.15) is 0 Å². The molecule has 0 amide bonds. The Bertz CT molecular complexity index is 217. The summed E-state index contributed by atoms with van der Waals surface area (Å²) in [7, 11) is -4.50. The van der Waals surface area contributed by atoms with Crippen molar-refractivity contribution in [3.05, 3.63) is 0 Å². The van der Waals surface area contributed by atoms with Crippen molar-refractivity contribution in [1.29, 1.82) is 0 Å². The molecule has 0 saturated carbocycles. The van der Waals surface area contributed by atoms with Crippen LogP contribution in [0.2, 0.25) is 0 Å². The minimum Gasteiger partial charge on any atom is -0.726 e. The van der Waals surface area contributed by atoms with Crippen LogP contribution >= 0.6 is 0 Å². The smallest absolute Gasteiger partial charge is 0.726 e. The molecular formula is C8H19NaO5S. The molecule has 0 spiro atoms. The van der Waals surface area contributed by atoms with E-state index in [1.54, 1.807) is 0 Å². The van der Waals surface area contributed by atoms with Crippen LogP contribution in [0.5, 0.6) is 0 Å². The van der Waals surface area contributed by atoms with Crippen molar-refractivity contribution >= 4 is 10.4 Å². The second kappa shape index (κ2) is 11.3. The Labute approximate surface area is 114 Å². The maximum atomic E-state index is 10.1. The summed E-state index contributed by atoms with van der Waals surface area (Å²) >= 11 is 0. The first-order chi connectivity index (χ1) is 5.99. The van der Waals surface area contributed by atoms with E-state index in [0.29, 0.717) is 0 Å². The summed E-state index contributed by atoms with van der Waals surface area (Å²) < 4.78 is 34.6. The molecule has 2 N–H and O–H groups in total. The number of hydrogen-bond acceptors (Lipinski definition) is 4. The van der Waals surface area contributed by atoms with Crippen LogP contribution < -0.4 is 29.6 Å². The molecule has 5 nitrogen and oxygen atoms in total. The summed E-state index contributed by atoms with van der Waals surface area (Å²) in [5.74, 6) is 0.184. The van der Waals surface area contributed by atoms with Crippen molar-refractivity contribution in [1.82, 2.24) is 0 Å². The molecule has 0 radical (unpaired) electrons. The molecule has 0 rings (SSSR count). The topological polar surface area (TPSA) is 97.9 Å². The Hall–Kier alpha value is 0.830. The number of unbranched alkanes of at least 4 members (excludes halogenated alkanes) is 1. The maximum absolute atomic E-state index is 10.1. The normalized spacial score (nSPS) is 12.5. The van der Waals surface area contributed by atoms with Gasteiger partial charge >= 0.3 is 29.6 Å². The van der Waals surface area contributed by atoms with Crippen LogP contribution in [0.15, 0.2) is 0 Å². The van der Waals surface area contributed by atoms with E-state index >= 15 is 0 Å². The second-order valence-corrected chi connectivity index (χ2v) is 4.16. The summed E-state index contributed by atoms with van der Waals surface area (Å²) in [6.07, 6.45) is 3.87. The molecule has 0 aromatic carbocycles. The molecular weight excluding hydrogens is 231 g/mol. The number of rotatable bonds is 7. The van der Waals surface area contributed by atoms with Gasteiger partial charge in [0.2, 0.25) is 10.4 Å². The standard InChI is InChI=1S/C8H18O4S.Na.H2O/c1-3-5-6-8(4-2)7-12-13(9,10)11;;/h8H,3-7H2,1-2H3,(H,9,10,11);;1H2/q;+1;/p-1. The van der Waals surface area contributed by atoms with Crippen LogP contribution in [-0.2, 0) is 14.6 Å². The fourth-order valence-electron chi connectivity index (χ4n) is 1.08. The maximum Gasteiger partial charge on any atom is 1.00 e. The quantitative estimate of drug-likeness (QED) is 0.292. The third-order valence-electron chi connectivity index (χ3n) is 1.99. The van der Waals surface area contributed by atoms with Gasteiger partial charge in [-0.3, -0.25) is 4.18 Å². The van der Waals surface area contributed by atoms with E-state index in [1.165, 1.54) is 0 Å². The van der Waals surface area contributed by atoms with Crippen LogP contribution in [0, 0.1) is 5.92 Å². The van der Waals surface area contributed by atoms with Gasteiger partial charge in [-0.15, -0.1) is 0 Å². The Morgan fingerprint density at radius 2 is 1.87 bits per heavy atom. The molecule has 0 aliphatic carbocycles. The van der Waals surface area contributed by atoms with Gasteiger partial charge in [0.25, 0.3) is 0 Å². The minimum atomic E-state index is -4.50. The predicted octanol–water partition coefficient (Wildman–Crippen LogP) is -2.14. The zero-order valence-electron chi connectivity index (χ0n) is 9.65. The van der Waals surface area contributed by atoms with Gasteiger partial charge in [-0.1, -0.05) is 33.1 Å². The molecule has 0 aliphatic rings. The van der Waals surface area contributed by atoms with E-state index in [2.05, 4.69) is 11.1 Å². The molecule has 1 unspecified atom stereocenters. The molecule has 0 fully saturated rings. The Kier molecular flexibility index (Phi) is 16.0. The van der Waals surface area contributed by atoms with E-state index in [4.69, 9.17) is 0 Å². The summed E-state index contributed by atoms with van der Waals surface area (Å²) in [4.78, 5) is 0. The van der Waals surface area contributed by atoms with Crippen LogP contribution in [0.3, 0.4) is 0 Å². The zero-order valence-corrected chi connectivity index (χ0v) is 12.5.